The van der Waals surface area contributed by atoms with E-state index in [0.717, 1.165) is 13.1 Å². The molecule has 0 radical (unpaired) electrons. The number of rotatable bonds is 4. The minimum Gasteiger partial charge on any atom is -0.468 e. The molecule has 1 aliphatic rings. The minimum atomic E-state index is -0.864. The molecule has 15 heavy (non-hydrogen) atoms. The fourth-order valence-corrected chi connectivity index (χ4v) is 2.24. The molecule has 1 fully saturated rings. The SMILES string of the molecule is COC(=O)C(C)(N)CC(C)N1CCCC1. The van der Waals surface area contributed by atoms with Gasteiger partial charge in [0.15, 0.2) is 0 Å². The van der Waals surface area contributed by atoms with Crippen LogP contribution in [0.2, 0.25) is 0 Å². The normalized spacial score (nSPS) is 23.5. The van der Waals surface area contributed by atoms with Crippen molar-refractivity contribution in [2.75, 3.05) is 20.2 Å². The van der Waals surface area contributed by atoms with Crippen LogP contribution in [0, 0.1) is 0 Å². The van der Waals surface area contributed by atoms with Gasteiger partial charge in [-0.05, 0) is 46.2 Å². The van der Waals surface area contributed by atoms with Crippen molar-refractivity contribution in [2.24, 2.45) is 5.73 Å². The lowest BCUT2D eigenvalue weighted by Crippen LogP contribution is -2.50. The summed E-state index contributed by atoms with van der Waals surface area (Å²) in [6.07, 6.45) is 3.16. The van der Waals surface area contributed by atoms with Gasteiger partial charge in [-0.1, -0.05) is 0 Å². The summed E-state index contributed by atoms with van der Waals surface area (Å²) in [5, 5.41) is 0. The summed E-state index contributed by atoms with van der Waals surface area (Å²) in [6, 6.07) is 0.349. The van der Waals surface area contributed by atoms with Crippen LogP contribution in [0.15, 0.2) is 0 Å². The van der Waals surface area contributed by atoms with Gasteiger partial charge in [-0.15, -0.1) is 0 Å². The van der Waals surface area contributed by atoms with Crippen molar-refractivity contribution in [1.82, 2.24) is 4.90 Å². The third kappa shape index (κ3) is 3.18. The van der Waals surface area contributed by atoms with Crippen LogP contribution in [0.4, 0.5) is 0 Å². The average Bonchev–Trinajstić information content (AvgIpc) is 2.68. The molecule has 0 aromatic rings. The van der Waals surface area contributed by atoms with Gasteiger partial charge >= 0.3 is 5.97 Å². The topological polar surface area (TPSA) is 55.6 Å². The van der Waals surface area contributed by atoms with Crippen LogP contribution < -0.4 is 5.73 Å². The fraction of sp³-hybridized carbons (Fsp3) is 0.909. The number of carbonyl (C=O) groups is 1. The second kappa shape index (κ2) is 4.94. The highest BCUT2D eigenvalue weighted by atomic mass is 16.5. The quantitative estimate of drug-likeness (QED) is 0.702. The molecule has 4 heteroatoms. The van der Waals surface area contributed by atoms with Gasteiger partial charge in [0.2, 0.25) is 0 Å². The molecule has 4 nitrogen and oxygen atoms in total. The number of ether oxygens (including phenoxy) is 1. The Morgan fingerprint density at radius 2 is 2.07 bits per heavy atom. The van der Waals surface area contributed by atoms with E-state index in [4.69, 9.17) is 10.5 Å². The summed E-state index contributed by atoms with van der Waals surface area (Å²) < 4.78 is 4.70. The molecular formula is C11H22N2O2. The molecule has 0 aromatic heterocycles. The molecule has 0 aliphatic carbocycles. The minimum absolute atomic E-state index is 0.325. The largest absolute Gasteiger partial charge is 0.468 e. The predicted octanol–water partition coefficient (Wildman–Crippen LogP) is 0.751. The molecule has 1 saturated heterocycles. The van der Waals surface area contributed by atoms with E-state index >= 15 is 0 Å². The van der Waals surface area contributed by atoms with Gasteiger partial charge in [-0.2, -0.15) is 0 Å². The second-order valence-electron chi connectivity index (χ2n) is 4.71. The number of likely N-dealkylation sites (tertiary alicyclic amines) is 1. The molecule has 0 saturated carbocycles. The van der Waals surface area contributed by atoms with Crippen LogP contribution in [-0.4, -0.2) is 42.6 Å². The average molecular weight is 214 g/mol. The van der Waals surface area contributed by atoms with E-state index in [1.54, 1.807) is 6.92 Å². The monoisotopic (exact) mass is 214 g/mol. The van der Waals surface area contributed by atoms with Crippen LogP contribution in [-0.2, 0) is 9.53 Å². The van der Waals surface area contributed by atoms with E-state index in [9.17, 15) is 4.79 Å². The van der Waals surface area contributed by atoms with Gasteiger partial charge in [0.25, 0.3) is 0 Å². The van der Waals surface area contributed by atoms with E-state index in [-0.39, 0.29) is 5.97 Å². The zero-order chi connectivity index (χ0) is 11.5. The van der Waals surface area contributed by atoms with Gasteiger partial charge in [0.05, 0.1) is 7.11 Å². The summed E-state index contributed by atoms with van der Waals surface area (Å²) >= 11 is 0. The third-order valence-corrected chi connectivity index (χ3v) is 3.14. The van der Waals surface area contributed by atoms with E-state index in [1.807, 2.05) is 0 Å². The Labute approximate surface area is 91.8 Å². The molecule has 0 amide bonds. The zero-order valence-electron chi connectivity index (χ0n) is 9.95. The Morgan fingerprint density at radius 1 is 1.53 bits per heavy atom. The van der Waals surface area contributed by atoms with Gasteiger partial charge in [-0.3, -0.25) is 4.79 Å². The summed E-state index contributed by atoms with van der Waals surface area (Å²) in [5.74, 6) is -0.325. The molecule has 2 N–H and O–H groups in total. The van der Waals surface area contributed by atoms with Crippen LogP contribution in [0.3, 0.4) is 0 Å². The highest BCUT2D eigenvalue weighted by molar-refractivity contribution is 5.79. The van der Waals surface area contributed by atoms with Gasteiger partial charge in [0.1, 0.15) is 5.54 Å². The number of methoxy groups -OCH3 is 1. The number of esters is 1. The summed E-state index contributed by atoms with van der Waals surface area (Å²) in [7, 11) is 1.38. The molecular weight excluding hydrogens is 192 g/mol. The maximum absolute atomic E-state index is 11.4. The van der Waals surface area contributed by atoms with E-state index in [1.165, 1.54) is 20.0 Å². The first kappa shape index (κ1) is 12.5. The maximum atomic E-state index is 11.4. The lowest BCUT2D eigenvalue weighted by molar-refractivity contribution is -0.147. The predicted molar refractivity (Wildman–Crippen MR) is 59.5 cm³/mol. The van der Waals surface area contributed by atoms with Gasteiger partial charge < -0.3 is 15.4 Å². The highest BCUT2D eigenvalue weighted by Crippen LogP contribution is 2.19. The van der Waals surface area contributed by atoms with E-state index in [0.29, 0.717) is 12.5 Å². The van der Waals surface area contributed by atoms with Crippen LogP contribution in [0.25, 0.3) is 0 Å². The first-order valence-corrected chi connectivity index (χ1v) is 5.58. The number of nitrogens with zero attached hydrogens (tertiary/aromatic N) is 1. The number of hydrogen-bond acceptors (Lipinski definition) is 4. The Kier molecular flexibility index (Phi) is 4.11. The molecule has 1 aliphatic heterocycles. The molecule has 2 atom stereocenters. The highest BCUT2D eigenvalue weighted by Gasteiger charge is 2.33. The van der Waals surface area contributed by atoms with E-state index in [2.05, 4.69) is 11.8 Å². The molecule has 0 spiro atoms. The first-order valence-electron chi connectivity index (χ1n) is 5.58. The molecule has 88 valence electrons. The maximum Gasteiger partial charge on any atom is 0.325 e. The number of hydrogen-bond donors (Lipinski definition) is 1. The number of carbonyl (C=O) groups excluding carboxylic acids is 1. The van der Waals surface area contributed by atoms with Crippen molar-refractivity contribution in [3.63, 3.8) is 0 Å². The van der Waals surface area contributed by atoms with Crippen LogP contribution in [0.1, 0.15) is 33.1 Å². The van der Waals surface area contributed by atoms with Crippen molar-refractivity contribution < 1.29 is 9.53 Å². The molecule has 0 aromatic carbocycles. The Bertz CT molecular complexity index is 223. The van der Waals surface area contributed by atoms with Crippen molar-refractivity contribution in [3.05, 3.63) is 0 Å². The fourth-order valence-electron chi connectivity index (χ4n) is 2.24. The van der Waals surface area contributed by atoms with Gasteiger partial charge in [-0.25, -0.2) is 0 Å². The van der Waals surface area contributed by atoms with Gasteiger partial charge in [0, 0.05) is 6.04 Å². The lowest BCUT2D eigenvalue weighted by Gasteiger charge is -2.30. The Balaban J connectivity index is 2.48. The van der Waals surface area contributed by atoms with Crippen LogP contribution in [0.5, 0.6) is 0 Å². The van der Waals surface area contributed by atoms with Crippen molar-refractivity contribution >= 4 is 5.97 Å². The van der Waals surface area contributed by atoms with Crippen LogP contribution >= 0.6 is 0 Å². The Morgan fingerprint density at radius 3 is 2.53 bits per heavy atom. The zero-order valence-corrected chi connectivity index (χ0v) is 9.95. The van der Waals surface area contributed by atoms with Crippen molar-refractivity contribution in [1.29, 1.82) is 0 Å². The standard InChI is InChI=1S/C11H22N2O2/c1-9(13-6-4-5-7-13)8-11(2,12)10(14)15-3/h9H,4-8,12H2,1-3H3. The lowest BCUT2D eigenvalue weighted by atomic mass is 9.94. The smallest absolute Gasteiger partial charge is 0.325 e. The summed E-state index contributed by atoms with van der Waals surface area (Å²) in [5.41, 5.74) is 5.07. The second-order valence-corrected chi connectivity index (χ2v) is 4.71. The molecule has 2 unspecified atom stereocenters. The molecule has 1 rings (SSSR count). The first-order chi connectivity index (χ1) is 6.97. The summed E-state index contributed by atoms with van der Waals surface area (Å²) in [4.78, 5) is 13.8. The number of nitrogens with two attached hydrogens (primary N) is 1. The Hall–Kier alpha value is -0.610. The molecule has 0 bridgehead atoms. The molecule has 1 heterocycles. The van der Waals surface area contributed by atoms with E-state index < -0.39 is 5.54 Å². The third-order valence-electron chi connectivity index (χ3n) is 3.14. The van der Waals surface area contributed by atoms with Crippen molar-refractivity contribution in [2.45, 2.75) is 44.7 Å². The van der Waals surface area contributed by atoms with Crippen molar-refractivity contribution in [3.8, 4) is 0 Å². The summed E-state index contributed by atoms with van der Waals surface area (Å²) in [6.45, 7) is 6.11.